The van der Waals surface area contributed by atoms with Crippen LogP contribution in [0.3, 0.4) is 0 Å². The molecule has 2 rings (SSSR count). The standard InChI is InChI=1S/C12H11NO3/c14-11-5-3-9-7-8(2-6-12(15)16)1-4-10(9)13-11/h1-2,4,6-7H,3,5H2,(H,13,14)(H,15,16)/p-1/b6-2+. The third-order valence-corrected chi connectivity index (χ3v) is 2.44. The van der Waals surface area contributed by atoms with Crippen molar-refractivity contribution in [1.29, 1.82) is 0 Å². The van der Waals surface area contributed by atoms with Gasteiger partial charge in [-0.15, -0.1) is 0 Å². The molecule has 0 saturated carbocycles. The van der Waals surface area contributed by atoms with E-state index in [2.05, 4.69) is 5.32 Å². The third-order valence-electron chi connectivity index (χ3n) is 2.44. The lowest BCUT2D eigenvalue weighted by Crippen LogP contribution is -2.19. The van der Waals surface area contributed by atoms with E-state index in [1.807, 2.05) is 6.07 Å². The maximum atomic E-state index is 11.1. The maximum Gasteiger partial charge on any atom is 0.224 e. The number of carboxylic acids is 1. The van der Waals surface area contributed by atoms with Gasteiger partial charge in [0.15, 0.2) is 0 Å². The van der Waals surface area contributed by atoms with Crippen molar-refractivity contribution >= 4 is 23.6 Å². The van der Waals surface area contributed by atoms with E-state index in [0.717, 1.165) is 22.9 Å². The van der Waals surface area contributed by atoms with E-state index in [0.29, 0.717) is 12.8 Å². The van der Waals surface area contributed by atoms with Crippen molar-refractivity contribution in [3.63, 3.8) is 0 Å². The van der Waals surface area contributed by atoms with Crippen molar-refractivity contribution in [2.75, 3.05) is 5.32 Å². The maximum absolute atomic E-state index is 11.1. The first kappa shape index (κ1) is 10.4. The third kappa shape index (κ3) is 2.28. The summed E-state index contributed by atoms with van der Waals surface area (Å²) in [7, 11) is 0. The second kappa shape index (κ2) is 4.18. The summed E-state index contributed by atoms with van der Waals surface area (Å²) in [4.78, 5) is 21.4. The van der Waals surface area contributed by atoms with E-state index >= 15 is 0 Å². The van der Waals surface area contributed by atoms with Gasteiger partial charge < -0.3 is 15.2 Å². The summed E-state index contributed by atoms with van der Waals surface area (Å²) in [5.41, 5.74) is 2.63. The predicted octanol–water partition coefficient (Wildman–Crippen LogP) is 0.334. The van der Waals surface area contributed by atoms with Gasteiger partial charge >= 0.3 is 0 Å². The number of aryl methyl sites for hydroxylation is 1. The van der Waals surface area contributed by atoms with E-state index in [9.17, 15) is 14.7 Å². The first-order valence-electron chi connectivity index (χ1n) is 4.97. The molecule has 1 aromatic carbocycles. The Balaban J connectivity index is 2.26. The van der Waals surface area contributed by atoms with Gasteiger partial charge in [0.1, 0.15) is 0 Å². The molecule has 0 saturated heterocycles. The lowest BCUT2D eigenvalue weighted by atomic mass is 10.0. The number of hydrogen-bond donors (Lipinski definition) is 1. The van der Waals surface area contributed by atoms with Crippen molar-refractivity contribution in [3.8, 4) is 0 Å². The molecule has 1 N–H and O–H groups in total. The number of rotatable bonds is 2. The molecule has 1 amide bonds. The molecule has 0 fully saturated rings. The number of carboxylic acid groups (broad SMARTS) is 1. The van der Waals surface area contributed by atoms with Crippen LogP contribution in [0.5, 0.6) is 0 Å². The number of hydrogen-bond acceptors (Lipinski definition) is 3. The molecule has 1 heterocycles. The summed E-state index contributed by atoms with van der Waals surface area (Å²) in [6.45, 7) is 0. The highest BCUT2D eigenvalue weighted by molar-refractivity contribution is 5.94. The summed E-state index contributed by atoms with van der Waals surface area (Å²) >= 11 is 0. The minimum Gasteiger partial charge on any atom is -0.545 e. The molecule has 1 aliphatic rings. The molecule has 0 spiro atoms. The van der Waals surface area contributed by atoms with E-state index < -0.39 is 5.97 Å². The van der Waals surface area contributed by atoms with E-state index in [4.69, 9.17) is 0 Å². The van der Waals surface area contributed by atoms with E-state index in [1.54, 1.807) is 12.1 Å². The van der Waals surface area contributed by atoms with Crippen LogP contribution in [0.15, 0.2) is 24.3 Å². The van der Waals surface area contributed by atoms with E-state index in [1.165, 1.54) is 6.08 Å². The molecule has 0 atom stereocenters. The monoisotopic (exact) mass is 216 g/mol. The number of anilines is 1. The predicted molar refractivity (Wildman–Crippen MR) is 57.4 cm³/mol. The fourth-order valence-corrected chi connectivity index (χ4v) is 1.67. The highest BCUT2D eigenvalue weighted by Crippen LogP contribution is 2.23. The quantitative estimate of drug-likeness (QED) is 0.724. The second-order valence-electron chi connectivity index (χ2n) is 3.62. The average Bonchev–Trinajstić information content (AvgIpc) is 2.26. The molecule has 4 nitrogen and oxygen atoms in total. The Kier molecular flexibility index (Phi) is 2.72. The number of carbonyl (C=O) groups is 2. The van der Waals surface area contributed by atoms with Crippen molar-refractivity contribution in [2.45, 2.75) is 12.8 Å². The summed E-state index contributed by atoms with van der Waals surface area (Å²) in [5, 5.41) is 13.0. The summed E-state index contributed by atoms with van der Waals surface area (Å²) in [6, 6.07) is 5.40. The molecule has 1 aliphatic heterocycles. The van der Waals surface area contributed by atoms with Gasteiger partial charge in [-0.05, 0) is 35.8 Å². The zero-order chi connectivity index (χ0) is 11.5. The van der Waals surface area contributed by atoms with Crippen LogP contribution in [0, 0.1) is 0 Å². The Hall–Kier alpha value is -2.10. The average molecular weight is 216 g/mol. The first-order chi connectivity index (χ1) is 7.65. The zero-order valence-corrected chi connectivity index (χ0v) is 8.53. The number of aliphatic carboxylic acids is 1. The molecule has 0 aromatic heterocycles. The largest absolute Gasteiger partial charge is 0.545 e. The fraction of sp³-hybridized carbons (Fsp3) is 0.167. The van der Waals surface area contributed by atoms with Crippen LogP contribution < -0.4 is 10.4 Å². The molecule has 0 unspecified atom stereocenters. The number of nitrogens with one attached hydrogen (secondary N) is 1. The van der Waals surface area contributed by atoms with Crippen LogP contribution in [0.4, 0.5) is 5.69 Å². The van der Waals surface area contributed by atoms with Gasteiger partial charge in [0.05, 0.1) is 5.97 Å². The van der Waals surface area contributed by atoms with Crippen molar-refractivity contribution in [1.82, 2.24) is 0 Å². The van der Waals surface area contributed by atoms with Crippen molar-refractivity contribution < 1.29 is 14.7 Å². The van der Waals surface area contributed by atoms with E-state index in [-0.39, 0.29) is 5.91 Å². The molecule has 16 heavy (non-hydrogen) atoms. The minimum absolute atomic E-state index is 0.0190. The van der Waals surface area contributed by atoms with Crippen LogP contribution in [0.2, 0.25) is 0 Å². The van der Waals surface area contributed by atoms with Crippen LogP contribution in [-0.2, 0) is 16.0 Å². The molecular weight excluding hydrogens is 206 g/mol. The smallest absolute Gasteiger partial charge is 0.224 e. The topological polar surface area (TPSA) is 69.2 Å². The Labute approximate surface area is 92.6 Å². The van der Waals surface area contributed by atoms with Gasteiger partial charge in [-0.2, -0.15) is 0 Å². The summed E-state index contributed by atoms with van der Waals surface area (Å²) in [5.74, 6) is -1.20. The van der Waals surface area contributed by atoms with Crippen molar-refractivity contribution in [3.05, 3.63) is 35.4 Å². The number of fused-ring (bicyclic) bond motifs is 1. The molecule has 4 heteroatoms. The Morgan fingerprint density at radius 1 is 1.38 bits per heavy atom. The Morgan fingerprint density at radius 3 is 2.94 bits per heavy atom. The molecular formula is C12H10NO3-. The molecule has 0 radical (unpaired) electrons. The van der Waals surface area contributed by atoms with Gasteiger partial charge in [0.2, 0.25) is 5.91 Å². The first-order valence-corrected chi connectivity index (χ1v) is 4.97. The molecule has 82 valence electrons. The second-order valence-corrected chi connectivity index (χ2v) is 3.62. The van der Waals surface area contributed by atoms with Gasteiger partial charge in [-0.1, -0.05) is 12.1 Å². The highest BCUT2D eigenvalue weighted by Gasteiger charge is 2.13. The van der Waals surface area contributed by atoms with Crippen LogP contribution in [0.1, 0.15) is 17.5 Å². The summed E-state index contributed by atoms with van der Waals surface area (Å²) in [6.07, 6.45) is 3.63. The van der Waals surface area contributed by atoms with Gasteiger partial charge in [-0.25, -0.2) is 0 Å². The van der Waals surface area contributed by atoms with Gasteiger partial charge in [0.25, 0.3) is 0 Å². The number of amides is 1. The fourth-order valence-electron chi connectivity index (χ4n) is 1.67. The van der Waals surface area contributed by atoms with Gasteiger partial charge in [-0.3, -0.25) is 4.79 Å². The van der Waals surface area contributed by atoms with Gasteiger partial charge in [0, 0.05) is 12.1 Å². The lowest BCUT2D eigenvalue weighted by molar-refractivity contribution is -0.297. The van der Waals surface area contributed by atoms with Crippen LogP contribution in [0.25, 0.3) is 6.08 Å². The zero-order valence-electron chi connectivity index (χ0n) is 8.53. The van der Waals surface area contributed by atoms with Crippen LogP contribution in [-0.4, -0.2) is 11.9 Å². The normalized spacial score (nSPS) is 14.6. The number of carbonyl (C=O) groups excluding carboxylic acids is 2. The molecule has 0 bridgehead atoms. The SMILES string of the molecule is O=C([O-])/C=C/c1ccc2c(c1)CCC(=O)N2. The highest BCUT2D eigenvalue weighted by atomic mass is 16.4. The minimum atomic E-state index is -1.22. The number of benzene rings is 1. The summed E-state index contributed by atoms with van der Waals surface area (Å²) < 4.78 is 0. The van der Waals surface area contributed by atoms with Crippen molar-refractivity contribution in [2.24, 2.45) is 0 Å². The Bertz CT molecular complexity index is 477. The molecule has 1 aromatic rings. The molecule has 0 aliphatic carbocycles. The Morgan fingerprint density at radius 2 is 2.19 bits per heavy atom. The lowest BCUT2D eigenvalue weighted by Gasteiger charge is -2.16. The van der Waals surface area contributed by atoms with Crippen LogP contribution >= 0.6 is 0 Å².